The molecule has 1 amide bonds. The number of nitrogens with zero attached hydrogens (tertiary/aromatic N) is 2. The number of aryl methyl sites for hydroxylation is 2. The van der Waals surface area contributed by atoms with Crippen molar-refractivity contribution in [2.24, 2.45) is 0 Å². The zero-order valence-corrected chi connectivity index (χ0v) is 15.8. The van der Waals surface area contributed by atoms with Crippen LogP contribution < -0.4 is 5.32 Å². The molecule has 0 fully saturated rings. The molecule has 0 unspecified atom stereocenters. The van der Waals surface area contributed by atoms with E-state index in [0.717, 1.165) is 29.9 Å². The number of fused-ring (bicyclic) bond motifs is 1. The summed E-state index contributed by atoms with van der Waals surface area (Å²) in [6, 6.07) is 10.3. The Morgan fingerprint density at radius 3 is 2.44 bits per heavy atom. The second-order valence-corrected chi connectivity index (χ2v) is 6.31. The molecule has 2 heterocycles. The highest BCUT2D eigenvalue weighted by Crippen LogP contribution is 2.16. The number of benzene rings is 1. The van der Waals surface area contributed by atoms with Crippen LogP contribution in [0.3, 0.4) is 0 Å². The van der Waals surface area contributed by atoms with Crippen LogP contribution in [-0.4, -0.2) is 27.9 Å². The number of rotatable bonds is 6. The third kappa shape index (κ3) is 4.00. The fourth-order valence-corrected chi connectivity index (χ4v) is 2.85. The van der Waals surface area contributed by atoms with Crippen LogP contribution >= 0.6 is 0 Å². The number of carbonyl (C=O) groups excluding carboxylic acids is 2. The second-order valence-electron chi connectivity index (χ2n) is 6.31. The number of anilines is 1. The van der Waals surface area contributed by atoms with Crippen molar-refractivity contribution in [1.29, 1.82) is 0 Å². The average molecular weight is 365 g/mol. The van der Waals surface area contributed by atoms with E-state index in [-0.39, 0.29) is 11.9 Å². The maximum Gasteiger partial charge on any atom is 0.338 e. The van der Waals surface area contributed by atoms with Gasteiger partial charge in [-0.1, -0.05) is 13.8 Å². The highest BCUT2D eigenvalue weighted by Gasteiger charge is 2.12. The van der Waals surface area contributed by atoms with E-state index in [1.54, 1.807) is 36.5 Å². The van der Waals surface area contributed by atoms with Crippen molar-refractivity contribution >= 4 is 23.2 Å². The van der Waals surface area contributed by atoms with E-state index in [9.17, 15) is 9.59 Å². The Kier molecular flexibility index (Phi) is 5.54. The third-order valence-electron chi connectivity index (χ3n) is 4.37. The van der Waals surface area contributed by atoms with E-state index in [4.69, 9.17) is 4.74 Å². The number of carbonyl (C=O) groups is 2. The molecule has 1 N–H and O–H groups in total. The van der Waals surface area contributed by atoms with Gasteiger partial charge in [-0.15, -0.1) is 0 Å². The van der Waals surface area contributed by atoms with Gasteiger partial charge in [0.15, 0.2) is 0 Å². The molecule has 0 spiro atoms. The number of hydrogen-bond donors (Lipinski definition) is 1. The zero-order valence-electron chi connectivity index (χ0n) is 15.8. The summed E-state index contributed by atoms with van der Waals surface area (Å²) in [5.41, 5.74) is 4.51. The van der Waals surface area contributed by atoms with Gasteiger partial charge in [0.2, 0.25) is 0 Å². The van der Waals surface area contributed by atoms with Gasteiger partial charge < -0.3 is 14.5 Å². The highest BCUT2D eigenvalue weighted by molar-refractivity contribution is 6.04. The minimum atomic E-state index is -0.359. The summed E-state index contributed by atoms with van der Waals surface area (Å²) in [7, 11) is 0. The Labute approximate surface area is 158 Å². The van der Waals surface area contributed by atoms with Crippen LogP contribution in [0.15, 0.2) is 42.6 Å². The summed E-state index contributed by atoms with van der Waals surface area (Å²) < 4.78 is 7.03. The number of aromatic nitrogens is 2. The minimum Gasteiger partial charge on any atom is -0.462 e. The van der Waals surface area contributed by atoms with Crippen LogP contribution in [0.1, 0.15) is 52.4 Å². The van der Waals surface area contributed by atoms with Crippen LogP contribution in [0.4, 0.5) is 5.69 Å². The number of pyridine rings is 1. The van der Waals surface area contributed by atoms with Gasteiger partial charge >= 0.3 is 5.97 Å². The lowest BCUT2D eigenvalue weighted by Gasteiger charge is -2.08. The first-order chi connectivity index (χ1) is 13.0. The number of imidazole rings is 1. The molecular formula is C21H23N3O3. The van der Waals surface area contributed by atoms with E-state index < -0.39 is 0 Å². The Morgan fingerprint density at radius 2 is 1.78 bits per heavy atom. The van der Waals surface area contributed by atoms with Gasteiger partial charge in [0.05, 0.1) is 23.4 Å². The van der Waals surface area contributed by atoms with Gasteiger partial charge in [0.25, 0.3) is 5.91 Å². The quantitative estimate of drug-likeness (QED) is 0.670. The van der Waals surface area contributed by atoms with Gasteiger partial charge in [0.1, 0.15) is 5.65 Å². The number of ether oxygens (including phenoxy) is 1. The van der Waals surface area contributed by atoms with Crippen LogP contribution in [-0.2, 0) is 11.2 Å². The fraction of sp³-hybridized carbons (Fsp3) is 0.286. The number of nitrogens with one attached hydrogen (secondary N) is 1. The molecule has 0 saturated heterocycles. The Hall–Kier alpha value is -3.15. The second kappa shape index (κ2) is 8.03. The molecule has 0 aliphatic heterocycles. The lowest BCUT2D eigenvalue weighted by Crippen LogP contribution is -2.13. The first-order valence-electron chi connectivity index (χ1n) is 9.09. The molecule has 6 heteroatoms. The van der Waals surface area contributed by atoms with Crippen molar-refractivity contribution in [2.45, 2.75) is 33.6 Å². The van der Waals surface area contributed by atoms with Crippen molar-refractivity contribution in [3.63, 3.8) is 0 Å². The normalized spacial score (nSPS) is 10.8. The minimum absolute atomic E-state index is 0.218. The smallest absolute Gasteiger partial charge is 0.338 e. The monoisotopic (exact) mass is 365 g/mol. The van der Waals surface area contributed by atoms with Crippen molar-refractivity contribution in [1.82, 2.24) is 9.38 Å². The Bertz CT molecular complexity index is 974. The summed E-state index contributed by atoms with van der Waals surface area (Å²) in [5, 5.41) is 2.85. The van der Waals surface area contributed by atoms with Crippen molar-refractivity contribution in [3.05, 3.63) is 65.1 Å². The lowest BCUT2D eigenvalue weighted by molar-refractivity contribution is 0.0505. The van der Waals surface area contributed by atoms with Crippen molar-refractivity contribution in [2.75, 3.05) is 11.9 Å². The molecule has 27 heavy (non-hydrogen) atoms. The van der Waals surface area contributed by atoms with E-state index in [0.29, 0.717) is 23.4 Å². The molecule has 3 rings (SSSR count). The largest absolute Gasteiger partial charge is 0.462 e. The maximum absolute atomic E-state index is 12.6. The molecule has 0 aliphatic rings. The predicted molar refractivity (Wildman–Crippen MR) is 104 cm³/mol. The van der Waals surface area contributed by atoms with E-state index in [1.807, 2.05) is 24.3 Å². The van der Waals surface area contributed by atoms with E-state index >= 15 is 0 Å². The fourth-order valence-electron chi connectivity index (χ4n) is 2.85. The molecule has 0 saturated carbocycles. The average Bonchev–Trinajstić information content (AvgIpc) is 3.02. The first-order valence-corrected chi connectivity index (χ1v) is 9.09. The number of esters is 1. The highest BCUT2D eigenvalue weighted by atomic mass is 16.5. The summed E-state index contributed by atoms with van der Waals surface area (Å²) in [4.78, 5) is 28.9. The standard InChI is InChI=1S/C21H23N3O3/c1-4-12-27-21(26)15-6-9-17(10-7-15)22-20(25)16-8-11-19-23-18(5-2)14(3)24(19)13-16/h6-11,13H,4-5,12H2,1-3H3,(H,22,25). The van der Waals surface area contributed by atoms with Crippen LogP contribution in [0.2, 0.25) is 0 Å². The van der Waals surface area contributed by atoms with E-state index in [2.05, 4.69) is 17.2 Å². The topological polar surface area (TPSA) is 72.7 Å². The van der Waals surface area contributed by atoms with Gasteiger partial charge in [-0.3, -0.25) is 4.79 Å². The molecule has 0 radical (unpaired) electrons. The Balaban J connectivity index is 1.74. The van der Waals surface area contributed by atoms with Crippen LogP contribution in [0, 0.1) is 6.92 Å². The summed E-state index contributed by atoms with van der Waals surface area (Å²) in [6.07, 6.45) is 3.42. The first kappa shape index (κ1) is 18.6. The predicted octanol–water partition coefficient (Wildman–Crippen LogP) is 4.02. The molecule has 1 aromatic carbocycles. The van der Waals surface area contributed by atoms with Crippen molar-refractivity contribution < 1.29 is 14.3 Å². The zero-order chi connectivity index (χ0) is 19.4. The third-order valence-corrected chi connectivity index (χ3v) is 4.37. The van der Waals surface area contributed by atoms with Crippen LogP contribution in [0.5, 0.6) is 0 Å². The molecule has 140 valence electrons. The van der Waals surface area contributed by atoms with Gasteiger partial charge in [-0.05, 0) is 56.2 Å². The summed E-state index contributed by atoms with van der Waals surface area (Å²) in [6.45, 7) is 6.39. The molecule has 0 aliphatic carbocycles. The van der Waals surface area contributed by atoms with Gasteiger partial charge in [0, 0.05) is 17.6 Å². The SMILES string of the molecule is CCCOC(=O)c1ccc(NC(=O)c2ccc3nc(CC)c(C)n3c2)cc1. The Morgan fingerprint density at radius 1 is 1.07 bits per heavy atom. The summed E-state index contributed by atoms with van der Waals surface area (Å²) >= 11 is 0. The molecule has 3 aromatic rings. The summed E-state index contributed by atoms with van der Waals surface area (Å²) in [5.74, 6) is -0.577. The molecule has 6 nitrogen and oxygen atoms in total. The maximum atomic E-state index is 12.6. The lowest BCUT2D eigenvalue weighted by atomic mass is 10.2. The number of amides is 1. The van der Waals surface area contributed by atoms with E-state index in [1.165, 1.54) is 0 Å². The number of hydrogen-bond acceptors (Lipinski definition) is 4. The van der Waals surface area contributed by atoms with Gasteiger partial charge in [-0.2, -0.15) is 0 Å². The van der Waals surface area contributed by atoms with Gasteiger partial charge in [-0.25, -0.2) is 9.78 Å². The molecular weight excluding hydrogens is 342 g/mol. The van der Waals surface area contributed by atoms with Crippen molar-refractivity contribution in [3.8, 4) is 0 Å². The molecule has 2 aromatic heterocycles. The van der Waals surface area contributed by atoms with Crippen LogP contribution in [0.25, 0.3) is 5.65 Å². The molecule has 0 bridgehead atoms. The molecule has 0 atom stereocenters.